The highest BCUT2D eigenvalue weighted by Gasteiger charge is 2.26. The molecule has 1 aliphatic heterocycles. The van der Waals surface area contributed by atoms with Crippen LogP contribution >= 0.6 is 11.3 Å². The SMILES string of the molecule is Fc1ccc(Cc2cnc([C@H]3CN(Cc4cncs4)CCO3)o2)cc1. The predicted octanol–water partition coefficient (Wildman–Crippen LogP) is 3.43. The summed E-state index contributed by atoms with van der Waals surface area (Å²) in [6, 6.07) is 6.42. The number of morpholine rings is 1. The van der Waals surface area contributed by atoms with Gasteiger partial charge in [-0.2, -0.15) is 0 Å². The molecule has 0 amide bonds. The maximum absolute atomic E-state index is 13.0. The maximum Gasteiger partial charge on any atom is 0.224 e. The fourth-order valence-electron chi connectivity index (χ4n) is 2.89. The van der Waals surface area contributed by atoms with Crippen molar-refractivity contribution in [3.8, 4) is 0 Å². The number of halogens is 1. The van der Waals surface area contributed by atoms with Crippen LogP contribution < -0.4 is 0 Å². The van der Waals surface area contributed by atoms with Crippen LogP contribution in [0.5, 0.6) is 0 Å². The summed E-state index contributed by atoms with van der Waals surface area (Å²) in [7, 11) is 0. The molecule has 0 bridgehead atoms. The minimum Gasteiger partial charge on any atom is -0.442 e. The van der Waals surface area contributed by atoms with Gasteiger partial charge in [0, 0.05) is 37.1 Å². The van der Waals surface area contributed by atoms with E-state index in [0.717, 1.165) is 31.0 Å². The Balaban J connectivity index is 1.39. The van der Waals surface area contributed by atoms with Crippen LogP contribution in [0.25, 0.3) is 0 Å². The van der Waals surface area contributed by atoms with Gasteiger partial charge in [0.15, 0.2) is 0 Å². The number of rotatable bonds is 5. The van der Waals surface area contributed by atoms with E-state index in [2.05, 4.69) is 14.9 Å². The molecule has 1 aromatic carbocycles. The number of aromatic nitrogens is 2. The van der Waals surface area contributed by atoms with Gasteiger partial charge in [-0.05, 0) is 17.7 Å². The third-order valence-corrected chi connectivity index (χ3v) is 4.92. The second kappa shape index (κ2) is 7.43. The average Bonchev–Trinajstić information content (AvgIpc) is 3.29. The summed E-state index contributed by atoms with van der Waals surface area (Å²) in [5, 5.41) is 0. The smallest absolute Gasteiger partial charge is 0.224 e. The summed E-state index contributed by atoms with van der Waals surface area (Å²) >= 11 is 1.66. The number of nitrogens with zero attached hydrogens (tertiary/aromatic N) is 3. The van der Waals surface area contributed by atoms with E-state index in [1.807, 2.05) is 11.7 Å². The van der Waals surface area contributed by atoms with Crippen molar-refractivity contribution in [2.45, 2.75) is 19.1 Å². The highest BCUT2D eigenvalue weighted by molar-refractivity contribution is 7.09. The van der Waals surface area contributed by atoms with Crippen molar-refractivity contribution in [1.82, 2.24) is 14.9 Å². The molecule has 0 N–H and O–H groups in total. The molecule has 2 aromatic heterocycles. The monoisotopic (exact) mass is 359 g/mol. The molecule has 0 radical (unpaired) electrons. The topological polar surface area (TPSA) is 51.4 Å². The van der Waals surface area contributed by atoms with Crippen LogP contribution in [0.4, 0.5) is 4.39 Å². The van der Waals surface area contributed by atoms with Crippen molar-refractivity contribution in [2.24, 2.45) is 0 Å². The van der Waals surface area contributed by atoms with Crippen molar-refractivity contribution < 1.29 is 13.5 Å². The minimum absolute atomic E-state index is 0.163. The summed E-state index contributed by atoms with van der Waals surface area (Å²) < 4.78 is 24.7. The summed E-state index contributed by atoms with van der Waals surface area (Å²) in [4.78, 5) is 12.1. The molecule has 130 valence electrons. The third kappa shape index (κ3) is 4.12. The Hall–Kier alpha value is -2.09. The van der Waals surface area contributed by atoms with Crippen molar-refractivity contribution in [2.75, 3.05) is 19.7 Å². The lowest BCUT2D eigenvalue weighted by Crippen LogP contribution is -2.37. The van der Waals surface area contributed by atoms with Crippen LogP contribution in [0, 0.1) is 5.82 Å². The van der Waals surface area contributed by atoms with E-state index in [-0.39, 0.29) is 11.9 Å². The molecule has 1 saturated heterocycles. The largest absolute Gasteiger partial charge is 0.442 e. The molecule has 4 rings (SSSR count). The molecule has 0 aliphatic carbocycles. The van der Waals surface area contributed by atoms with Crippen molar-refractivity contribution >= 4 is 11.3 Å². The molecular formula is C18H18FN3O2S. The Labute approximate surface area is 149 Å². The summed E-state index contributed by atoms with van der Waals surface area (Å²) in [5.74, 6) is 1.12. The van der Waals surface area contributed by atoms with Gasteiger partial charge >= 0.3 is 0 Å². The molecule has 3 heterocycles. The van der Waals surface area contributed by atoms with Gasteiger partial charge in [-0.1, -0.05) is 12.1 Å². The van der Waals surface area contributed by atoms with E-state index >= 15 is 0 Å². The first-order valence-electron chi connectivity index (χ1n) is 8.16. The van der Waals surface area contributed by atoms with Gasteiger partial charge in [0.2, 0.25) is 5.89 Å². The first-order valence-corrected chi connectivity index (χ1v) is 9.04. The molecular weight excluding hydrogens is 341 g/mol. The standard InChI is InChI=1S/C18H18FN3O2S/c19-14-3-1-13(2-4-14)7-15-8-21-18(24-15)17-11-22(5-6-23-17)10-16-9-20-12-25-16/h1-4,8-9,12,17H,5-7,10-11H2/t17-/m1/s1. The average molecular weight is 359 g/mol. The number of oxazole rings is 1. The van der Waals surface area contributed by atoms with Gasteiger partial charge in [-0.25, -0.2) is 9.37 Å². The van der Waals surface area contributed by atoms with Crippen LogP contribution in [0.2, 0.25) is 0 Å². The number of thiazole rings is 1. The normalized spacial score (nSPS) is 18.5. The van der Waals surface area contributed by atoms with Gasteiger partial charge in [0.1, 0.15) is 17.7 Å². The Morgan fingerprint density at radius 1 is 1.24 bits per heavy atom. The van der Waals surface area contributed by atoms with Gasteiger partial charge in [0.05, 0.1) is 18.3 Å². The zero-order chi connectivity index (χ0) is 17.1. The number of benzene rings is 1. The maximum atomic E-state index is 13.0. The fraction of sp³-hybridized carbons (Fsp3) is 0.333. The molecule has 7 heteroatoms. The molecule has 0 saturated carbocycles. The quantitative estimate of drug-likeness (QED) is 0.698. The highest BCUT2D eigenvalue weighted by Crippen LogP contribution is 2.24. The molecule has 1 fully saturated rings. The lowest BCUT2D eigenvalue weighted by atomic mass is 10.1. The van der Waals surface area contributed by atoms with Crippen LogP contribution in [0.15, 0.2) is 46.6 Å². The minimum atomic E-state index is -0.237. The molecule has 5 nitrogen and oxygen atoms in total. The second-order valence-corrected chi connectivity index (χ2v) is 7.00. The molecule has 3 aromatic rings. The summed E-state index contributed by atoms with van der Waals surface area (Å²) in [6.45, 7) is 3.15. The van der Waals surface area contributed by atoms with Crippen LogP contribution in [-0.4, -0.2) is 34.6 Å². The summed E-state index contributed by atoms with van der Waals surface area (Å²) in [5.41, 5.74) is 2.84. The van der Waals surface area contributed by atoms with Gasteiger partial charge in [-0.15, -0.1) is 11.3 Å². The third-order valence-electron chi connectivity index (χ3n) is 4.15. The number of ether oxygens (including phenoxy) is 1. The van der Waals surface area contributed by atoms with E-state index in [4.69, 9.17) is 9.15 Å². The number of hydrogen-bond acceptors (Lipinski definition) is 6. The number of hydrogen-bond donors (Lipinski definition) is 0. The molecule has 0 spiro atoms. The zero-order valence-electron chi connectivity index (χ0n) is 13.6. The first kappa shape index (κ1) is 16.4. The Morgan fingerprint density at radius 2 is 2.12 bits per heavy atom. The Morgan fingerprint density at radius 3 is 2.92 bits per heavy atom. The van der Waals surface area contributed by atoms with E-state index in [1.54, 1.807) is 29.7 Å². The zero-order valence-corrected chi connectivity index (χ0v) is 14.4. The van der Waals surface area contributed by atoms with Crippen LogP contribution in [0.1, 0.15) is 28.2 Å². The Kier molecular flexibility index (Phi) is 4.87. The van der Waals surface area contributed by atoms with E-state index in [9.17, 15) is 4.39 Å². The predicted molar refractivity (Wildman–Crippen MR) is 91.8 cm³/mol. The first-order chi connectivity index (χ1) is 12.3. The molecule has 1 aliphatic rings. The summed E-state index contributed by atoms with van der Waals surface area (Å²) in [6.07, 6.45) is 4.05. The van der Waals surface area contributed by atoms with Gasteiger partial charge < -0.3 is 9.15 Å². The lowest BCUT2D eigenvalue weighted by molar-refractivity contribution is -0.0454. The van der Waals surface area contributed by atoms with E-state index in [0.29, 0.717) is 18.9 Å². The van der Waals surface area contributed by atoms with Crippen molar-refractivity contribution in [3.63, 3.8) is 0 Å². The van der Waals surface area contributed by atoms with Gasteiger partial charge in [0.25, 0.3) is 0 Å². The second-order valence-electron chi connectivity index (χ2n) is 6.03. The van der Waals surface area contributed by atoms with Crippen LogP contribution in [0.3, 0.4) is 0 Å². The van der Waals surface area contributed by atoms with Gasteiger partial charge in [-0.3, -0.25) is 9.88 Å². The Bertz CT molecular complexity index is 804. The van der Waals surface area contributed by atoms with Crippen molar-refractivity contribution in [3.05, 3.63) is 70.1 Å². The van der Waals surface area contributed by atoms with Crippen molar-refractivity contribution in [1.29, 1.82) is 0 Å². The van der Waals surface area contributed by atoms with Crippen LogP contribution in [-0.2, 0) is 17.7 Å². The highest BCUT2D eigenvalue weighted by atomic mass is 32.1. The molecule has 1 atom stereocenters. The fourth-order valence-corrected chi connectivity index (χ4v) is 3.53. The lowest BCUT2D eigenvalue weighted by Gasteiger charge is -2.30. The molecule has 0 unspecified atom stereocenters. The molecule has 25 heavy (non-hydrogen) atoms. The van der Waals surface area contributed by atoms with E-state index in [1.165, 1.54) is 17.0 Å². The van der Waals surface area contributed by atoms with E-state index < -0.39 is 0 Å².